The molecule has 16 heavy (non-hydrogen) atoms. The number of hydrogen-bond donors (Lipinski definition) is 1. The van der Waals surface area contributed by atoms with Crippen molar-refractivity contribution in [2.24, 2.45) is 0 Å². The lowest BCUT2D eigenvalue weighted by Gasteiger charge is -2.21. The maximum absolute atomic E-state index is 11.1. The number of nitrogens with one attached hydrogen (secondary N) is 1. The molecular weight excluding hydrogens is 206 g/mol. The van der Waals surface area contributed by atoms with Crippen molar-refractivity contribution in [2.75, 3.05) is 30.4 Å². The zero-order valence-electron chi connectivity index (χ0n) is 9.86. The minimum atomic E-state index is -0.334. The minimum absolute atomic E-state index is 0.147. The first kappa shape index (κ1) is 12.3. The molecule has 0 saturated carbocycles. The molecule has 0 heterocycles. The van der Waals surface area contributed by atoms with Gasteiger partial charge in [-0.05, 0) is 26.0 Å². The zero-order chi connectivity index (χ0) is 12.1. The number of para-hydroxylation sites is 1. The van der Waals surface area contributed by atoms with Crippen molar-refractivity contribution in [3.8, 4) is 0 Å². The summed E-state index contributed by atoms with van der Waals surface area (Å²) in [6.45, 7) is 5.48. The fraction of sp³-hybridized carbons (Fsp3) is 0.455. The van der Waals surface area contributed by atoms with Crippen molar-refractivity contribution < 1.29 is 4.92 Å². The second kappa shape index (κ2) is 5.34. The SMILES string of the molecule is CCN(CC)c1cccc(NC)c1[N+](=O)[O-]. The van der Waals surface area contributed by atoms with Crippen LogP contribution in [0.3, 0.4) is 0 Å². The normalized spacial score (nSPS) is 9.94. The highest BCUT2D eigenvalue weighted by Crippen LogP contribution is 2.34. The first-order valence-electron chi connectivity index (χ1n) is 5.35. The molecule has 5 heteroatoms. The summed E-state index contributed by atoms with van der Waals surface area (Å²) in [7, 11) is 1.69. The number of nitro groups is 1. The van der Waals surface area contributed by atoms with E-state index >= 15 is 0 Å². The summed E-state index contributed by atoms with van der Waals surface area (Å²) in [5, 5.41) is 13.9. The fourth-order valence-electron chi connectivity index (χ4n) is 1.74. The lowest BCUT2D eigenvalue weighted by atomic mass is 10.2. The van der Waals surface area contributed by atoms with Crippen LogP contribution in [0.15, 0.2) is 18.2 Å². The average Bonchev–Trinajstić information content (AvgIpc) is 2.30. The van der Waals surface area contributed by atoms with E-state index in [1.54, 1.807) is 19.2 Å². The highest BCUT2D eigenvalue weighted by molar-refractivity contribution is 5.76. The van der Waals surface area contributed by atoms with Crippen LogP contribution < -0.4 is 10.2 Å². The van der Waals surface area contributed by atoms with E-state index in [-0.39, 0.29) is 10.6 Å². The Morgan fingerprint density at radius 1 is 1.38 bits per heavy atom. The lowest BCUT2D eigenvalue weighted by molar-refractivity contribution is -0.383. The summed E-state index contributed by atoms with van der Waals surface area (Å²) in [5.41, 5.74) is 1.37. The third kappa shape index (κ3) is 2.24. The largest absolute Gasteiger partial charge is 0.382 e. The summed E-state index contributed by atoms with van der Waals surface area (Å²) in [6.07, 6.45) is 0. The summed E-state index contributed by atoms with van der Waals surface area (Å²) >= 11 is 0. The Morgan fingerprint density at radius 2 is 2.00 bits per heavy atom. The van der Waals surface area contributed by atoms with E-state index in [1.165, 1.54) is 0 Å². The first-order valence-corrected chi connectivity index (χ1v) is 5.35. The van der Waals surface area contributed by atoms with Gasteiger partial charge in [0, 0.05) is 20.1 Å². The average molecular weight is 223 g/mol. The number of hydrogen-bond acceptors (Lipinski definition) is 4. The molecule has 1 aromatic carbocycles. The molecule has 0 saturated heterocycles. The Balaban J connectivity index is 3.31. The van der Waals surface area contributed by atoms with Crippen LogP contribution in [0.25, 0.3) is 0 Å². The molecule has 0 amide bonds. The monoisotopic (exact) mass is 223 g/mol. The van der Waals surface area contributed by atoms with E-state index in [0.29, 0.717) is 11.4 Å². The van der Waals surface area contributed by atoms with Gasteiger partial charge in [0.1, 0.15) is 11.4 Å². The maximum Gasteiger partial charge on any atom is 0.315 e. The summed E-state index contributed by atoms with van der Waals surface area (Å²) in [6, 6.07) is 5.32. The predicted molar refractivity (Wildman–Crippen MR) is 66.2 cm³/mol. The van der Waals surface area contributed by atoms with Gasteiger partial charge in [-0.3, -0.25) is 10.1 Å². The van der Waals surface area contributed by atoms with Crippen LogP contribution in [-0.4, -0.2) is 25.1 Å². The molecule has 0 bridgehead atoms. The van der Waals surface area contributed by atoms with E-state index in [9.17, 15) is 10.1 Å². The van der Waals surface area contributed by atoms with Gasteiger partial charge in [0.15, 0.2) is 0 Å². The van der Waals surface area contributed by atoms with E-state index in [0.717, 1.165) is 13.1 Å². The highest BCUT2D eigenvalue weighted by atomic mass is 16.6. The first-order chi connectivity index (χ1) is 7.65. The Bertz CT molecular complexity index is 375. The van der Waals surface area contributed by atoms with Crippen LogP contribution in [0.1, 0.15) is 13.8 Å². The quantitative estimate of drug-likeness (QED) is 0.615. The molecule has 5 nitrogen and oxygen atoms in total. The molecule has 88 valence electrons. The van der Waals surface area contributed by atoms with Gasteiger partial charge in [0.05, 0.1) is 4.92 Å². The second-order valence-electron chi connectivity index (χ2n) is 3.35. The van der Waals surface area contributed by atoms with Gasteiger partial charge in [0.2, 0.25) is 0 Å². The minimum Gasteiger partial charge on any atom is -0.382 e. The lowest BCUT2D eigenvalue weighted by Crippen LogP contribution is -2.23. The molecule has 0 fully saturated rings. The Labute approximate surface area is 95.2 Å². The molecule has 0 aliphatic rings. The van der Waals surface area contributed by atoms with Gasteiger partial charge < -0.3 is 10.2 Å². The second-order valence-corrected chi connectivity index (χ2v) is 3.35. The van der Waals surface area contributed by atoms with Crippen molar-refractivity contribution in [2.45, 2.75) is 13.8 Å². The van der Waals surface area contributed by atoms with Crippen LogP contribution >= 0.6 is 0 Å². The third-order valence-corrected chi connectivity index (χ3v) is 2.57. The summed E-state index contributed by atoms with van der Waals surface area (Å²) in [5.74, 6) is 0. The molecule has 1 N–H and O–H groups in total. The van der Waals surface area contributed by atoms with E-state index in [2.05, 4.69) is 5.32 Å². The molecule has 0 atom stereocenters. The maximum atomic E-state index is 11.1. The number of benzene rings is 1. The molecule has 0 aliphatic heterocycles. The smallest absolute Gasteiger partial charge is 0.315 e. The van der Waals surface area contributed by atoms with Crippen molar-refractivity contribution in [1.29, 1.82) is 0 Å². The standard InChI is InChI=1S/C11H17N3O2/c1-4-13(5-2)10-8-6-7-9(12-3)11(10)14(15)16/h6-8,12H,4-5H2,1-3H3. The highest BCUT2D eigenvalue weighted by Gasteiger charge is 2.21. The van der Waals surface area contributed by atoms with E-state index < -0.39 is 0 Å². The molecule has 0 spiro atoms. The van der Waals surface area contributed by atoms with Crippen molar-refractivity contribution >= 4 is 17.1 Å². The molecule has 1 rings (SSSR count). The predicted octanol–water partition coefficient (Wildman–Crippen LogP) is 2.48. The van der Waals surface area contributed by atoms with Crippen LogP contribution in [0, 0.1) is 10.1 Å². The number of anilines is 2. The van der Waals surface area contributed by atoms with Crippen molar-refractivity contribution in [3.05, 3.63) is 28.3 Å². The number of nitrogens with zero attached hydrogens (tertiary/aromatic N) is 2. The zero-order valence-corrected chi connectivity index (χ0v) is 9.86. The molecular formula is C11H17N3O2. The van der Waals surface area contributed by atoms with Gasteiger partial charge >= 0.3 is 5.69 Å². The van der Waals surface area contributed by atoms with E-state index in [1.807, 2.05) is 24.8 Å². The van der Waals surface area contributed by atoms with Crippen molar-refractivity contribution in [3.63, 3.8) is 0 Å². The van der Waals surface area contributed by atoms with Gasteiger partial charge in [-0.1, -0.05) is 6.07 Å². The van der Waals surface area contributed by atoms with Crippen LogP contribution in [0.2, 0.25) is 0 Å². The van der Waals surface area contributed by atoms with Crippen LogP contribution in [-0.2, 0) is 0 Å². The molecule has 0 aliphatic carbocycles. The van der Waals surface area contributed by atoms with E-state index in [4.69, 9.17) is 0 Å². The van der Waals surface area contributed by atoms with Crippen LogP contribution in [0.5, 0.6) is 0 Å². The Morgan fingerprint density at radius 3 is 2.44 bits per heavy atom. The van der Waals surface area contributed by atoms with Gasteiger partial charge in [-0.15, -0.1) is 0 Å². The molecule has 0 unspecified atom stereocenters. The Hall–Kier alpha value is -1.78. The van der Waals surface area contributed by atoms with Crippen molar-refractivity contribution in [1.82, 2.24) is 0 Å². The summed E-state index contributed by atoms with van der Waals surface area (Å²) in [4.78, 5) is 12.7. The molecule has 0 aromatic heterocycles. The van der Waals surface area contributed by atoms with Crippen LogP contribution in [0.4, 0.5) is 17.1 Å². The van der Waals surface area contributed by atoms with Gasteiger partial charge in [-0.2, -0.15) is 0 Å². The number of rotatable bonds is 5. The molecule has 0 radical (unpaired) electrons. The topological polar surface area (TPSA) is 58.4 Å². The number of nitro benzene ring substituents is 1. The molecule has 1 aromatic rings. The fourth-order valence-corrected chi connectivity index (χ4v) is 1.74. The third-order valence-electron chi connectivity index (χ3n) is 2.57. The summed E-state index contributed by atoms with van der Waals surface area (Å²) < 4.78 is 0. The van der Waals surface area contributed by atoms with Gasteiger partial charge in [-0.25, -0.2) is 0 Å². The van der Waals surface area contributed by atoms with Gasteiger partial charge in [0.25, 0.3) is 0 Å². The Kier molecular flexibility index (Phi) is 4.10.